The van der Waals surface area contributed by atoms with Crippen LogP contribution < -0.4 is 5.56 Å². The van der Waals surface area contributed by atoms with E-state index >= 15 is 0 Å². The van der Waals surface area contributed by atoms with Gasteiger partial charge in [0.25, 0.3) is 5.56 Å². The molecule has 152 valence electrons. The van der Waals surface area contributed by atoms with Crippen LogP contribution in [0.3, 0.4) is 0 Å². The van der Waals surface area contributed by atoms with Crippen molar-refractivity contribution in [2.45, 2.75) is 31.7 Å². The molecule has 10 nitrogen and oxygen atoms in total. The van der Waals surface area contributed by atoms with Gasteiger partial charge in [-0.3, -0.25) is 14.9 Å². The summed E-state index contributed by atoms with van der Waals surface area (Å²) in [5.41, 5.74) is -3.00. The fourth-order valence-electron chi connectivity index (χ4n) is 4.31. The molecule has 2 atom stereocenters. The Bertz CT molecular complexity index is 1350. The molecule has 2 N–H and O–H groups in total. The maximum absolute atomic E-state index is 13.3. The summed E-state index contributed by atoms with van der Waals surface area (Å²) in [6, 6.07) is 8.49. The summed E-state index contributed by atoms with van der Waals surface area (Å²) in [5.74, 6) is -1.58. The van der Waals surface area contributed by atoms with Crippen molar-refractivity contribution in [3.05, 3.63) is 67.5 Å². The minimum absolute atomic E-state index is 0.0604. The average molecular weight is 409 g/mol. The molecule has 30 heavy (non-hydrogen) atoms. The highest BCUT2D eigenvalue weighted by Crippen LogP contribution is 2.48. The number of para-hydroxylation sites is 1. The number of aliphatic hydroxyl groups is 1. The molecule has 0 bridgehead atoms. The number of benzene rings is 1. The molecule has 1 unspecified atom stereocenters. The summed E-state index contributed by atoms with van der Waals surface area (Å²) in [4.78, 5) is 41.3. The van der Waals surface area contributed by atoms with Gasteiger partial charge in [-0.2, -0.15) is 0 Å². The van der Waals surface area contributed by atoms with Crippen molar-refractivity contribution in [3.63, 3.8) is 0 Å². The van der Waals surface area contributed by atoms with Crippen molar-refractivity contribution < 1.29 is 24.7 Å². The van der Waals surface area contributed by atoms with Gasteiger partial charge in [0.2, 0.25) is 0 Å². The van der Waals surface area contributed by atoms with Crippen molar-refractivity contribution in [3.8, 4) is 17.1 Å². The van der Waals surface area contributed by atoms with Crippen molar-refractivity contribution in [2.75, 3.05) is 0 Å². The molecule has 2 aliphatic heterocycles. The highest BCUT2D eigenvalue weighted by Gasteiger charge is 2.51. The molecule has 4 heterocycles. The second-order valence-electron chi connectivity index (χ2n) is 7.29. The lowest BCUT2D eigenvalue weighted by Crippen LogP contribution is -2.45. The number of esters is 1. The number of carbonyl (C=O) groups excluding carboxylic acids is 1. The Labute approximate surface area is 168 Å². The first-order chi connectivity index (χ1) is 14.3. The van der Waals surface area contributed by atoms with Crippen molar-refractivity contribution in [1.82, 2.24) is 9.55 Å². The molecule has 5 rings (SSSR count). The van der Waals surface area contributed by atoms with Crippen LogP contribution in [0.15, 0.2) is 35.1 Å². The fraction of sp³-hybridized carbons (Fsp3) is 0.250. The first-order valence-corrected chi connectivity index (χ1v) is 9.23. The Morgan fingerprint density at radius 2 is 2.10 bits per heavy atom. The third-order valence-electron chi connectivity index (χ3n) is 5.79. The molecule has 2 aromatic heterocycles. The second-order valence-corrected chi connectivity index (χ2v) is 7.29. The molecule has 0 spiro atoms. The van der Waals surface area contributed by atoms with Crippen LogP contribution in [0, 0.1) is 10.1 Å². The Kier molecular flexibility index (Phi) is 3.57. The van der Waals surface area contributed by atoms with E-state index in [9.17, 15) is 29.9 Å². The monoisotopic (exact) mass is 409 g/mol. The van der Waals surface area contributed by atoms with Gasteiger partial charge < -0.3 is 14.9 Å². The van der Waals surface area contributed by atoms with E-state index in [2.05, 4.69) is 4.98 Å². The summed E-state index contributed by atoms with van der Waals surface area (Å²) in [6.45, 7) is 1.000. The third-order valence-corrected chi connectivity index (χ3v) is 5.79. The number of cyclic esters (lactones) is 1. The zero-order valence-corrected chi connectivity index (χ0v) is 15.7. The molecule has 3 aromatic rings. The summed E-state index contributed by atoms with van der Waals surface area (Å²) in [6.07, 6.45) is -1.77. The van der Waals surface area contributed by atoms with E-state index < -0.39 is 40.6 Å². The number of pyridine rings is 2. The number of nitro groups is 1. The van der Waals surface area contributed by atoms with Gasteiger partial charge >= 0.3 is 12.1 Å². The van der Waals surface area contributed by atoms with E-state index in [0.717, 1.165) is 4.57 Å². The number of hydrogen-bond acceptors (Lipinski definition) is 8. The first-order valence-electron chi connectivity index (χ1n) is 9.23. The number of carbonyl (C=O) groups is 1. The molecule has 0 saturated heterocycles. The van der Waals surface area contributed by atoms with Gasteiger partial charge in [-0.15, -0.1) is 0 Å². The largest absolute Gasteiger partial charge is 0.505 e. The minimum Gasteiger partial charge on any atom is -0.505 e. The summed E-state index contributed by atoms with van der Waals surface area (Å²) in [7, 11) is 0. The standard InChI is InChI=1S/C20H15N3O7/c1-2-20(27)13-11(8-30-19(20)26)18(25)22-15(16(13)24)14-10(17(22)23(28)29)7-9-5-3-4-6-12(9)21-14/h3-7,17,24,27H,2,8H2,1H3/t17?,20-/m0/s1. The van der Waals surface area contributed by atoms with E-state index in [1.54, 1.807) is 30.3 Å². The molecule has 2 aliphatic rings. The number of nitrogens with zero attached hydrogens (tertiary/aromatic N) is 3. The van der Waals surface area contributed by atoms with Crippen molar-refractivity contribution >= 4 is 16.9 Å². The number of aromatic hydroxyl groups is 1. The van der Waals surface area contributed by atoms with Gasteiger partial charge in [-0.1, -0.05) is 25.1 Å². The minimum atomic E-state index is -2.24. The Balaban J connectivity index is 1.94. The van der Waals surface area contributed by atoms with E-state index in [1.165, 1.54) is 6.92 Å². The molecule has 1 aromatic carbocycles. The number of fused-ring (bicyclic) bond motifs is 5. The van der Waals surface area contributed by atoms with E-state index in [0.29, 0.717) is 10.9 Å². The summed E-state index contributed by atoms with van der Waals surface area (Å²) < 4.78 is 5.79. The quantitative estimate of drug-likeness (QED) is 0.368. The van der Waals surface area contributed by atoms with E-state index in [1.807, 2.05) is 0 Å². The van der Waals surface area contributed by atoms with Crippen LogP contribution >= 0.6 is 0 Å². The van der Waals surface area contributed by atoms with Crippen LogP contribution in [-0.4, -0.2) is 30.7 Å². The van der Waals surface area contributed by atoms with Crippen molar-refractivity contribution in [2.24, 2.45) is 0 Å². The Morgan fingerprint density at radius 3 is 2.80 bits per heavy atom. The number of ether oxygens (including phenoxy) is 1. The van der Waals surface area contributed by atoms with Gasteiger partial charge in [0, 0.05) is 5.39 Å². The number of hydrogen-bond donors (Lipinski definition) is 2. The molecule has 10 heteroatoms. The normalized spacial score (nSPS) is 21.7. The summed E-state index contributed by atoms with van der Waals surface area (Å²) >= 11 is 0. The van der Waals surface area contributed by atoms with Crippen LogP contribution in [0.1, 0.15) is 36.2 Å². The van der Waals surface area contributed by atoms with Crippen LogP contribution in [0.5, 0.6) is 5.75 Å². The molecular weight excluding hydrogens is 394 g/mol. The highest BCUT2D eigenvalue weighted by molar-refractivity contribution is 5.89. The first kappa shape index (κ1) is 18.3. The predicted molar refractivity (Wildman–Crippen MR) is 102 cm³/mol. The molecule has 0 amide bonds. The Hall–Kier alpha value is -3.79. The lowest BCUT2D eigenvalue weighted by atomic mass is 9.85. The second kappa shape index (κ2) is 5.86. The fourth-order valence-corrected chi connectivity index (χ4v) is 4.31. The molecule has 0 saturated carbocycles. The van der Waals surface area contributed by atoms with Crippen LogP contribution in [0.4, 0.5) is 0 Å². The lowest BCUT2D eigenvalue weighted by molar-refractivity contribution is -0.534. The van der Waals surface area contributed by atoms with Gasteiger partial charge in [0.15, 0.2) is 5.60 Å². The topological polar surface area (TPSA) is 145 Å². The number of aromatic nitrogens is 2. The molecule has 0 radical (unpaired) electrons. The zero-order valence-electron chi connectivity index (χ0n) is 15.7. The van der Waals surface area contributed by atoms with Gasteiger partial charge in [-0.05, 0) is 18.6 Å². The zero-order chi connectivity index (χ0) is 21.4. The third kappa shape index (κ3) is 2.08. The van der Waals surface area contributed by atoms with E-state index in [-0.39, 0.29) is 34.5 Å². The van der Waals surface area contributed by atoms with Crippen LogP contribution in [0.25, 0.3) is 22.3 Å². The highest BCUT2D eigenvalue weighted by atomic mass is 16.6. The van der Waals surface area contributed by atoms with Crippen LogP contribution in [-0.2, 0) is 21.7 Å². The predicted octanol–water partition coefficient (Wildman–Crippen LogP) is 1.56. The molecule has 0 fully saturated rings. The van der Waals surface area contributed by atoms with Crippen molar-refractivity contribution in [1.29, 1.82) is 0 Å². The smallest absolute Gasteiger partial charge is 0.343 e. The molecule has 0 aliphatic carbocycles. The lowest BCUT2D eigenvalue weighted by Gasteiger charge is -2.32. The molecular formula is C20H15N3O7. The Morgan fingerprint density at radius 1 is 1.37 bits per heavy atom. The number of rotatable bonds is 2. The van der Waals surface area contributed by atoms with E-state index in [4.69, 9.17) is 4.74 Å². The summed E-state index contributed by atoms with van der Waals surface area (Å²) in [5, 5.41) is 34.6. The maximum Gasteiger partial charge on any atom is 0.343 e. The SMILES string of the molecule is CC[C@@]1(O)C(=O)OCc2c1c(O)c1n(c2=O)C([N+](=O)[O-])c2cc3ccccc3nc2-1. The maximum atomic E-state index is 13.3. The average Bonchev–Trinajstić information content (AvgIpc) is 3.07. The van der Waals surface area contributed by atoms with Gasteiger partial charge in [0.05, 0.1) is 27.1 Å². The van der Waals surface area contributed by atoms with Crippen LogP contribution in [0.2, 0.25) is 0 Å². The van der Waals surface area contributed by atoms with Gasteiger partial charge in [0.1, 0.15) is 23.7 Å². The van der Waals surface area contributed by atoms with Gasteiger partial charge in [-0.25, -0.2) is 14.3 Å².